The van der Waals surface area contributed by atoms with Gasteiger partial charge in [0.1, 0.15) is 0 Å². The van der Waals surface area contributed by atoms with E-state index in [0.29, 0.717) is 6.04 Å². The second-order valence-corrected chi connectivity index (χ2v) is 10.1. The van der Waals surface area contributed by atoms with Gasteiger partial charge in [0, 0.05) is 16.5 Å². The van der Waals surface area contributed by atoms with Crippen molar-refractivity contribution in [2.24, 2.45) is 23.5 Å². The molecule has 2 saturated carbocycles. The van der Waals surface area contributed by atoms with Gasteiger partial charge >= 0.3 is 0 Å². The Kier molecular flexibility index (Phi) is 8.11. The lowest BCUT2D eigenvalue weighted by molar-refractivity contribution is 0.181. The standard InChI is InChI=1S/C20H39NS/c1-15-9-12-18(13-10-15)20(17(3)21)14-11-16(2)22-19-7-5-4-6-8-19/h15-20H,4-14,21H2,1-3H3. The van der Waals surface area contributed by atoms with Gasteiger partial charge in [-0.05, 0) is 63.2 Å². The molecule has 0 heterocycles. The van der Waals surface area contributed by atoms with E-state index in [1.807, 2.05) is 0 Å². The molecule has 0 aromatic carbocycles. The first-order valence-electron chi connectivity index (χ1n) is 9.97. The van der Waals surface area contributed by atoms with Crippen LogP contribution in [0.5, 0.6) is 0 Å². The van der Waals surface area contributed by atoms with Crippen LogP contribution in [-0.4, -0.2) is 16.5 Å². The molecule has 2 rings (SSSR count). The Balaban J connectivity index is 1.73. The Morgan fingerprint density at radius 1 is 0.909 bits per heavy atom. The van der Waals surface area contributed by atoms with Gasteiger partial charge in [-0.3, -0.25) is 0 Å². The summed E-state index contributed by atoms with van der Waals surface area (Å²) in [7, 11) is 0. The van der Waals surface area contributed by atoms with Gasteiger partial charge in [-0.1, -0.05) is 46.0 Å². The molecule has 3 atom stereocenters. The van der Waals surface area contributed by atoms with E-state index >= 15 is 0 Å². The Morgan fingerprint density at radius 3 is 2.14 bits per heavy atom. The molecule has 3 unspecified atom stereocenters. The fraction of sp³-hybridized carbons (Fsp3) is 1.00. The number of hydrogen-bond acceptors (Lipinski definition) is 2. The molecule has 2 aliphatic rings. The maximum Gasteiger partial charge on any atom is 0.00497 e. The summed E-state index contributed by atoms with van der Waals surface area (Å²) >= 11 is 2.28. The third-order valence-electron chi connectivity index (χ3n) is 6.22. The average molecular weight is 326 g/mol. The van der Waals surface area contributed by atoms with Crippen molar-refractivity contribution in [2.45, 2.75) is 108 Å². The molecule has 0 bridgehead atoms. The molecule has 0 amide bonds. The molecule has 0 spiro atoms. The summed E-state index contributed by atoms with van der Waals surface area (Å²) in [5, 5.41) is 1.78. The molecule has 0 radical (unpaired) electrons. The second kappa shape index (κ2) is 9.57. The molecule has 0 aromatic heterocycles. The first-order chi connectivity index (χ1) is 10.6. The third kappa shape index (κ3) is 6.07. The quantitative estimate of drug-likeness (QED) is 0.620. The molecule has 130 valence electrons. The third-order valence-corrected chi connectivity index (χ3v) is 7.78. The van der Waals surface area contributed by atoms with Gasteiger partial charge in [0.25, 0.3) is 0 Å². The van der Waals surface area contributed by atoms with Crippen LogP contribution in [-0.2, 0) is 0 Å². The highest BCUT2D eigenvalue weighted by molar-refractivity contribution is 8.00. The number of rotatable bonds is 7. The van der Waals surface area contributed by atoms with Gasteiger partial charge in [0.15, 0.2) is 0 Å². The molecule has 0 aliphatic heterocycles. The van der Waals surface area contributed by atoms with E-state index in [2.05, 4.69) is 32.5 Å². The highest BCUT2D eigenvalue weighted by Gasteiger charge is 2.29. The van der Waals surface area contributed by atoms with Crippen LogP contribution in [0.4, 0.5) is 0 Å². The minimum Gasteiger partial charge on any atom is -0.328 e. The Morgan fingerprint density at radius 2 is 1.55 bits per heavy atom. The molecular formula is C20H39NS. The van der Waals surface area contributed by atoms with E-state index in [1.165, 1.54) is 70.6 Å². The van der Waals surface area contributed by atoms with E-state index in [0.717, 1.165) is 28.3 Å². The van der Waals surface area contributed by atoms with Crippen LogP contribution >= 0.6 is 11.8 Å². The van der Waals surface area contributed by atoms with Crippen LogP contribution < -0.4 is 5.73 Å². The monoisotopic (exact) mass is 325 g/mol. The topological polar surface area (TPSA) is 26.0 Å². The highest BCUT2D eigenvalue weighted by atomic mass is 32.2. The minimum atomic E-state index is 0.380. The zero-order valence-corrected chi connectivity index (χ0v) is 16.0. The smallest absolute Gasteiger partial charge is 0.00497 e. The number of hydrogen-bond donors (Lipinski definition) is 1. The Hall–Kier alpha value is 0.310. The zero-order valence-electron chi connectivity index (χ0n) is 15.2. The maximum absolute atomic E-state index is 6.37. The Labute approximate surface area is 143 Å². The van der Waals surface area contributed by atoms with Crippen LogP contribution in [0.1, 0.15) is 91.4 Å². The summed E-state index contributed by atoms with van der Waals surface area (Å²) in [6.45, 7) is 7.13. The second-order valence-electron chi connectivity index (χ2n) is 8.33. The molecule has 22 heavy (non-hydrogen) atoms. The summed E-state index contributed by atoms with van der Waals surface area (Å²) in [5.41, 5.74) is 6.37. The average Bonchev–Trinajstić information content (AvgIpc) is 2.50. The van der Waals surface area contributed by atoms with Crippen LogP contribution in [0.25, 0.3) is 0 Å². The fourth-order valence-electron chi connectivity index (χ4n) is 4.67. The van der Waals surface area contributed by atoms with Gasteiger partial charge < -0.3 is 5.73 Å². The van der Waals surface area contributed by atoms with E-state index < -0.39 is 0 Å². The van der Waals surface area contributed by atoms with Crippen molar-refractivity contribution < 1.29 is 0 Å². The van der Waals surface area contributed by atoms with E-state index in [-0.39, 0.29) is 0 Å². The first-order valence-corrected chi connectivity index (χ1v) is 10.9. The fourth-order valence-corrected chi connectivity index (χ4v) is 6.20. The SMILES string of the molecule is CC1CCC(C(CCC(C)SC2CCCCC2)C(C)N)CC1. The van der Waals surface area contributed by atoms with Crippen LogP contribution in [0.15, 0.2) is 0 Å². The van der Waals surface area contributed by atoms with E-state index in [1.54, 1.807) is 0 Å². The van der Waals surface area contributed by atoms with Gasteiger partial charge in [-0.15, -0.1) is 0 Å². The van der Waals surface area contributed by atoms with Gasteiger partial charge in [0.05, 0.1) is 0 Å². The van der Waals surface area contributed by atoms with Crippen LogP contribution in [0, 0.1) is 17.8 Å². The summed E-state index contributed by atoms with van der Waals surface area (Å²) in [6, 6.07) is 0.380. The molecule has 2 N–H and O–H groups in total. The van der Waals surface area contributed by atoms with Crippen molar-refractivity contribution in [2.75, 3.05) is 0 Å². The van der Waals surface area contributed by atoms with Crippen molar-refractivity contribution in [3.8, 4) is 0 Å². The lowest BCUT2D eigenvalue weighted by Crippen LogP contribution is -2.35. The van der Waals surface area contributed by atoms with Crippen molar-refractivity contribution >= 4 is 11.8 Å². The first kappa shape index (κ1) is 18.6. The zero-order chi connectivity index (χ0) is 15.9. The number of nitrogens with two attached hydrogens (primary N) is 1. The summed E-state index contributed by atoms with van der Waals surface area (Å²) in [4.78, 5) is 0. The molecule has 0 aromatic rings. The largest absolute Gasteiger partial charge is 0.328 e. The molecule has 2 fully saturated rings. The summed E-state index contributed by atoms with van der Waals surface area (Å²) in [5.74, 6) is 2.62. The van der Waals surface area contributed by atoms with Crippen molar-refractivity contribution in [1.82, 2.24) is 0 Å². The summed E-state index contributed by atoms with van der Waals surface area (Å²) in [6.07, 6.45) is 15.8. The highest BCUT2D eigenvalue weighted by Crippen LogP contribution is 2.38. The van der Waals surface area contributed by atoms with Gasteiger partial charge in [-0.2, -0.15) is 11.8 Å². The van der Waals surface area contributed by atoms with Gasteiger partial charge in [-0.25, -0.2) is 0 Å². The number of thioether (sulfide) groups is 1. The predicted molar refractivity (Wildman–Crippen MR) is 101 cm³/mol. The van der Waals surface area contributed by atoms with Crippen molar-refractivity contribution in [3.63, 3.8) is 0 Å². The van der Waals surface area contributed by atoms with Gasteiger partial charge in [0.2, 0.25) is 0 Å². The lowest BCUT2D eigenvalue weighted by atomic mass is 9.72. The molecule has 2 aliphatic carbocycles. The lowest BCUT2D eigenvalue weighted by Gasteiger charge is -2.35. The van der Waals surface area contributed by atoms with E-state index in [9.17, 15) is 0 Å². The van der Waals surface area contributed by atoms with Crippen molar-refractivity contribution in [1.29, 1.82) is 0 Å². The molecule has 0 saturated heterocycles. The van der Waals surface area contributed by atoms with E-state index in [4.69, 9.17) is 5.73 Å². The predicted octanol–water partition coefficient (Wildman–Crippen LogP) is 6.01. The molecular weight excluding hydrogens is 286 g/mol. The minimum absolute atomic E-state index is 0.380. The summed E-state index contributed by atoms with van der Waals surface area (Å²) < 4.78 is 0. The molecule has 2 heteroatoms. The van der Waals surface area contributed by atoms with Crippen LogP contribution in [0.2, 0.25) is 0 Å². The van der Waals surface area contributed by atoms with Crippen molar-refractivity contribution in [3.05, 3.63) is 0 Å². The Bertz CT molecular complexity index is 290. The normalized spacial score (nSPS) is 31.6. The molecule has 1 nitrogen and oxygen atoms in total. The maximum atomic E-state index is 6.37. The van der Waals surface area contributed by atoms with Crippen LogP contribution in [0.3, 0.4) is 0 Å².